The SMILES string of the molecule is Clc1ccc(Cl)c(/C=C\COC/C=C/c2cc(Cl)ccc2Cl)c1. The van der Waals surface area contributed by atoms with Crippen molar-refractivity contribution in [3.63, 3.8) is 0 Å². The zero-order valence-electron chi connectivity index (χ0n) is 12.1. The van der Waals surface area contributed by atoms with Crippen molar-refractivity contribution in [1.29, 1.82) is 0 Å². The van der Waals surface area contributed by atoms with E-state index in [1.165, 1.54) is 0 Å². The molecule has 0 bridgehead atoms. The fourth-order valence-corrected chi connectivity index (χ4v) is 2.56. The topological polar surface area (TPSA) is 9.23 Å². The Hall–Kier alpha value is -0.960. The first kappa shape index (κ1) is 18.4. The molecule has 0 aromatic heterocycles. The van der Waals surface area contributed by atoms with Crippen molar-refractivity contribution in [2.24, 2.45) is 0 Å². The normalized spacial score (nSPS) is 11.7. The molecule has 0 unspecified atom stereocenters. The van der Waals surface area contributed by atoms with Gasteiger partial charge in [-0.15, -0.1) is 0 Å². The van der Waals surface area contributed by atoms with Gasteiger partial charge in [-0.25, -0.2) is 0 Å². The minimum atomic E-state index is 0.469. The van der Waals surface area contributed by atoms with Crippen LogP contribution >= 0.6 is 46.4 Å². The van der Waals surface area contributed by atoms with Gasteiger partial charge in [0.2, 0.25) is 0 Å². The lowest BCUT2D eigenvalue weighted by molar-refractivity contribution is 0.195. The van der Waals surface area contributed by atoms with Crippen LogP contribution in [-0.4, -0.2) is 13.2 Å². The highest BCUT2D eigenvalue weighted by molar-refractivity contribution is 6.34. The van der Waals surface area contributed by atoms with E-state index in [2.05, 4.69) is 0 Å². The Kier molecular flexibility index (Phi) is 7.48. The molecule has 0 spiro atoms. The van der Waals surface area contributed by atoms with Crippen molar-refractivity contribution >= 4 is 58.6 Å². The molecule has 2 aromatic rings. The van der Waals surface area contributed by atoms with Gasteiger partial charge in [-0.2, -0.15) is 0 Å². The quantitative estimate of drug-likeness (QED) is 0.482. The summed E-state index contributed by atoms with van der Waals surface area (Å²) in [6.07, 6.45) is 7.53. The predicted molar refractivity (Wildman–Crippen MR) is 102 cm³/mol. The molecule has 0 fully saturated rings. The van der Waals surface area contributed by atoms with Gasteiger partial charge in [0.05, 0.1) is 13.2 Å². The van der Waals surface area contributed by atoms with Gasteiger partial charge >= 0.3 is 0 Å². The van der Waals surface area contributed by atoms with Crippen LogP contribution in [0.5, 0.6) is 0 Å². The number of hydrogen-bond donors (Lipinski definition) is 0. The van der Waals surface area contributed by atoms with Crippen LogP contribution in [0.15, 0.2) is 48.6 Å². The minimum absolute atomic E-state index is 0.469. The number of halogens is 4. The Bertz CT molecular complexity index is 661. The molecule has 0 aliphatic heterocycles. The predicted octanol–water partition coefficient (Wildman–Crippen LogP) is 7.04. The molecule has 0 radical (unpaired) electrons. The third-order valence-corrected chi connectivity index (χ3v) is 4.10. The average molecular weight is 388 g/mol. The maximum absolute atomic E-state index is 6.07. The second kappa shape index (κ2) is 9.36. The first-order chi connectivity index (χ1) is 11.1. The largest absolute Gasteiger partial charge is 0.373 e. The summed E-state index contributed by atoms with van der Waals surface area (Å²) in [4.78, 5) is 0. The first-order valence-electron chi connectivity index (χ1n) is 6.87. The van der Waals surface area contributed by atoms with Crippen LogP contribution < -0.4 is 0 Å². The monoisotopic (exact) mass is 386 g/mol. The molecule has 0 aliphatic rings. The number of benzene rings is 2. The molecule has 120 valence electrons. The lowest BCUT2D eigenvalue weighted by atomic mass is 10.2. The average Bonchev–Trinajstić information content (AvgIpc) is 2.52. The van der Waals surface area contributed by atoms with Crippen molar-refractivity contribution in [3.8, 4) is 0 Å². The van der Waals surface area contributed by atoms with Gasteiger partial charge in [-0.3, -0.25) is 0 Å². The van der Waals surface area contributed by atoms with E-state index in [1.54, 1.807) is 36.4 Å². The van der Waals surface area contributed by atoms with Gasteiger partial charge < -0.3 is 4.74 Å². The zero-order chi connectivity index (χ0) is 16.7. The molecule has 0 heterocycles. The van der Waals surface area contributed by atoms with Gasteiger partial charge in [0.15, 0.2) is 0 Å². The Morgan fingerprint density at radius 2 is 1.13 bits per heavy atom. The van der Waals surface area contributed by atoms with Gasteiger partial charge in [-0.05, 0) is 47.5 Å². The lowest BCUT2D eigenvalue weighted by Gasteiger charge is -2.00. The van der Waals surface area contributed by atoms with E-state index in [1.807, 2.05) is 24.3 Å². The Morgan fingerprint density at radius 3 is 1.57 bits per heavy atom. The summed E-state index contributed by atoms with van der Waals surface area (Å²) in [6.45, 7) is 0.937. The summed E-state index contributed by atoms with van der Waals surface area (Å²) in [5, 5.41) is 2.61. The van der Waals surface area contributed by atoms with Crippen molar-refractivity contribution in [1.82, 2.24) is 0 Å². The van der Waals surface area contributed by atoms with Crippen molar-refractivity contribution < 1.29 is 4.74 Å². The van der Waals surface area contributed by atoms with Crippen LogP contribution in [0.2, 0.25) is 20.1 Å². The van der Waals surface area contributed by atoms with Crippen LogP contribution in [-0.2, 0) is 4.74 Å². The van der Waals surface area contributed by atoms with E-state index in [0.29, 0.717) is 33.3 Å². The van der Waals surface area contributed by atoms with Gasteiger partial charge in [-0.1, -0.05) is 70.7 Å². The molecule has 0 atom stereocenters. The molecule has 23 heavy (non-hydrogen) atoms. The highest BCUT2D eigenvalue weighted by Crippen LogP contribution is 2.22. The van der Waals surface area contributed by atoms with Crippen molar-refractivity contribution in [2.45, 2.75) is 0 Å². The summed E-state index contributed by atoms with van der Waals surface area (Å²) in [7, 11) is 0. The molecular weight excluding hydrogens is 374 g/mol. The van der Waals surface area contributed by atoms with Crippen LogP contribution in [0.25, 0.3) is 12.2 Å². The molecule has 0 N–H and O–H groups in total. The fourth-order valence-electron chi connectivity index (χ4n) is 1.84. The number of rotatable bonds is 6. The van der Waals surface area contributed by atoms with Crippen LogP contribution in [0, 0.1) is 0 Å². The van der Waals surface area contributed by atoms with Crippen molar-refractivity contribution in [2.75, 3.05) is 13.2 Å². The molecule has 5 heteroatoms. The summed E-state index contributed by atoms with van der Waals surface area (Å²) >= 11 is 24.0. The summed E-state index contributed by atoms with van der Waals surface area (Å²) in [6, 6.07) is 10.7. The van der Waals surface area contributed by atoms with E-state index >= 15 is 0 Å². The Labute approximate surface area is 156 Å². The van der Waals surface area contributed by atoms with E-state index in [4.69, 9.17) is 51.1 Å². The Balaban J connectivity index is 1.79. The van der Waals surface area contributed by atoms with Crippen LogP contribution in [0.4, 0.5) is 0 Å². The maximum atomic E-state index is 6.07. The van der Waals surface area contributed by atoms with E-state index in [0.717, 1.165) is 11.1 Å². The highest BCUT2D eigenvalue weighted by atomic mass is 35.5. The summed E-state index contributed by atoms with van der Waals surface area (Å²) in [5.74, 6) is 0. The molecular formula is C18H14Cl4O. The first-order valence-corrected chi connectivity index (χ1v) is 8.38. The third kappa shape index (κ3) is 6.21. The molecule has 0 saturated carbocycles. The number of hydrogen-bond acceptors (Lipinski definition) is 1. The smallest absolute Gasteiger partial charge is 0.0655 e. The molecule has 0 amide bonds. The molecule has 2 aromatic carbocycles. The van der Waals surface area contributed by atoms with Gasteiger partial charge in [0, 0.05) is 20.1 Å². The van der Waals surface area contributed by atoms with Crippen molar-refractivity contribution in [3.05, 3.63) is 79.8 Å². The standard InChI is InChI=1S/C18H14Cl4O/c19-15-5-7-17(21)13(11-15)3-1-9-23-10-2-4-14-12-16(20)6-8-18(14)22/h1-8,11-12H,9-10H2/b3-1-,4-2+. The zero-order valence-corrected chi connectivity index (χ0v) is 15.1. The lowest BCUT2D eigenvalue weighted by Crippen LogP contribution is -1.90. The summed E-state index contributed by atoms with van der Waals surface area (Å²) < 4.78 is 5.49. The van der Waals surface area contributed by atoms with E-state index < -0.39 is 0 Å². The van der Waals surface area contributed by atoms with E-state index in [-0.39, 0.29) is 0 Å². The third-order valence-electron chi connectivity index (χ3n) is 2.94. The molecule has 0 saturated heterocycles. The van der Waals surface area contributed by atoms with Crippen LogP contribution in [0.1, 0.15) is 11.1 Å². The van der Waals surface area contributed by atoms with Gasteiger partial charge in [0.25, 0.3) is 0 Å². The fraction of sp³-hybridized carbons (Fsp3) is 0.111. The highest BCUT2D eigenvalue weighted by Gasteiger charge is 1.98. The summed E-state index contributed by atoms with van der Waals surface area (Å²) in [5.41, 5.74) is 1.73. The van der Waals surface area contributed by atoms with Crippen LogP contribution in [0.3, 0.4) is 0 Å². The minimum Gasteiger partial charge on any atom is -0.373 e. The second-order valence-corrected chi connectivity index (χ2v) is 6.36. The second-order valence-electron chi connectivity index (χ2n) is 4.67. The molecule has 2 rings (SSSR count). The number of ether oxygens (including phenoxy) is 1. The van der Waals surface area contributed by atoms with E-state index in [9.17, 15) is 0 Å². The van der Waals surface area contributed by atoms with Gasteiger partial charge in [0.1, 0.15) is 0 Å². The molecule has 0 aliphatic carbocycles. The maximum Gasteiger partial charge on any atom is 0.0655 e. The Morgan fingerprint density at radius 1 is 0.696 bits per heavy atom. The molecule has 1 nitrogen and oxygen atoms in total.